The van der Waals surface area contributed by atoms with E-state index in [1.54, 1.807) is 19.1 Å². The first-order valence-electron chi connectivity index (χ1n) is 6.80. The van der Waals surface area contributed by atoms with Crippen LogP contribution in [0.25, 0.3) is 0 Å². The minimum Gasteiger partial charge on any atom is -0.479 e. The zero-order valence-electron chi connectivity index (χ0n) is 12.3. The number of carbonyl (C=O) groups excluding carboxylic acids is 2. The third-order valence-electron chi connectivity index (χ3n) is 2.93. The second-order valence-electron chi connectivity index (χ2n) is 4.89. The van der Waals surface area contributed by atoms with Crippen LogP contribution >= 0.6 is 31.9 Å². The highest BCUT2D eigenvalue weighted by Gasteiger charge is 2.19. The minimum atomic E-state index is -0.626. The van der Waals surface area contributed by atoms with Gasteiger partial charge in [-0.15, -0.1) is 0 Å². The first-order valence-corrected chi connectivity index (χ1v) is 8.38. The smallest absolute Gasteiger partial charge is 0.260 e. The van der Waals surface area contributed by atoms with Crippen molar-refractivity contribution in [3.63, 3.8) is 0 Å². The fourth-order valence-electron chi connectivity index (χ4n) is 1.86. The third-order valence-corrected chi connectivity index (χ3v) is 4.11. The monoisotopic (exact) mass is 419 g/mol. The highest BCUT2D eigenvalue weighted by atomic mass is 79.9. The van der Waals surface area contributed by atoms with E-state index in [0.717, 1.165) is 19.1 Å². The summed E-state index contributed by atoms with van der Waals surface area (Å²) in [5, 5.41) is 2.91. The highest BCUT2D eigenvalue weighted by molar-refractivity contribution is 9.11. The van der Waals surface area contributed by atoms with Crippen molar-refractivity contribution in [2.24, 2.45) is 0 Å². The Balaban J connectivity index is 2.76. The lowest BCUT2D eigenvalue weighted by molar-refractivity contribution is -0.127. The van der Waals surface area contributed by atoms with E-state index in [-0.39, 0.29) is 11.9 Å². The quantitative estimate of drug-likeness (QED) is 0.675. The average molecular weight is 421 g/mol. The molecule has 2 unspecified atom stereocenters. The van der Waals surface area contributed by atoms with Gasteiger partial charge in [0.15, 0.2) is 6.10 Å². The van der Waals surface area contributed by atoms with Gasteiger partial charge in [-0.25, -0.2) is 0 Å². The zero-order valence-corrected chi connectivity index (χ0v) is 15.5. The molecule has 116 valence electrons. The molecule has 0 aliphatic carbocycles. The predicted molar refractivity (Wildman–Crippen MR) is 89.8 cm³/mol. The third kappa shape index (κ3) is 5.43. The molecular formula is C15H19Br2NO3. The van der Waals surface area contributed by atoms with Crippen LogP contribution in [0.15, 0.2) is 21.1 Å². The summed E-state index contributed by atoms with van der Waals surface area (Å²) >= 11 is 6.69. The van der Waals surface area contributed by atoms with Crippen LogP contribution in [-0.4, -0.2) is 24.3 Å². The lowest BCUT2D eigenvalue weighted by Crippen LogP contribution is -2.41. The Bertz CT molecular complexity index is 497. The predicted octanol–water partition coefficient (Wildman–Crippen LogP) is 4.10. The molecule has 0 bridgehead atoms. The van der Waals surface area contributed by atoms with Crippen molar-refractivity contribution in [3.05, 3.63) is 26.6 Å². The number of hydrogen-bond donors (Lipinski definition) is 1. The maximum absolute atomic E-state index is 12.1. The Kier molecular flexibility index (Phi) is 7.39. The first-order chi connectivity index (χ1) is 9.88. The topological polar surface area (TPSA) is 55.4 Å². The molecule has 0 radical (unpaired) electrons. The average Bonchev–Trinajstić information content (AvgIpc) is 2.42. The SMILES string of the molecule is CCCC(C)NC(=O)C(C)Oc1c(Br)cc(C=O)cc1Br. The molecule has 1 rings (SSSR count). The Morgan fingerprint density at radius 3 is 2.38 bits per heavy atom. The summed E-state index contributed by atoms with van der Waals surface area (Å²) in [7, 11) is 0. The van der Waals surface area contributed by atoms with Gasteiger partial charge in [0.05, 0.1) is 8.95 Å². The molecule has 0 aliphatic heterocycles. The van der Waals surface area contributed by atoms with Crippen LogP contribution in [0.4, 0.5) is 0 Å². The summed E-state index contributed by atoms with van der Waals surface area (Å²) in [5.74, 6) is 0.348. The van der Waals surface area contributed by atoms with Gasteiger partial charge in [0, 0.05) is 11.6 Å². The van der Waals surface area contributed by atoms with Crippen molar-refractivity contribution in [3.8, 4) is 5.75 Å². The van der Waals surface area contributed by atoms with Gasteiger partial charge in [-0.2, -0.15) is 0 Å². The molecule has 0 heterocycles. The number of rotatable bonds is 7. The summed E-state index contributed by atoms with van der Waals surface area (Å²) < 4.78 is 6.94. The number of nitrogens with one attached hydrogen (secondary N) is 1. The second kappa shape index (κ2) is 8.54. The van der Waals surface area contributed by atoms with Crippen molar-refractivity contribution >= 4 is 44.1 Å². The van der Waals surface area contributed by atoms with Crippen LogP contribution in [0.3, 0.4) is 0 Å². The Morgan fingerprint density at radius 1 is 1.33 bits per heavy atom. The molecule has 1 aromatic carbocycles. The van der Waals surface area contributed by atoms with Gasteiger partial charge < -0.3 is 10.1 Å². The lowest BCUT2D eigenvalue weighted by atomic mass is 10.2. The fourth-order valence-corrected chi connectivity index (χ4v) is 3.26. The fraction of sp³-hybridized carbons (Fsp3) is 0.467. The van der Waals surface area contributed by atoms with Crippen LogP contribution < -0.4 is 10.1 Å². The van der Waals surface area contributed by atoms with Gasteiger partial charge in [0.25, 0.3) is 5.91 Å². The van der Waals surface area contributed by atoms with Gasteiger partial charge in [0.2, 0.25) is 0 Å². The molecule has 0 aromatic heterocycles. The van der Waals surface area contributed by atoms with Crippen molar-refractivity contribution in [2.45, 2.75) is 45.8 Å². The van der Waals surface area contributed by atoms with Gasteiger partial charge in [-0.3, -0.25) is 9.59 Å². The van der Waals surface area contributed by atoms with Gasteiger partial charge in [0.1, 0.15) is 12.0 Å². The molecule has 1 amide bonds. The van der Waals surface area contributed by atoms with Crippen LogP contribution in [0, 0.1) is 0 Å². The van der Waals surface area contributed by atoms with E-state index < -0.39 is 6.10 Å². The Labute approximate surface area is 141 Å². The molecule has 21 heavy (non-hydrogen) atoms. The molecule has 0 saturated heterocycles. The van der Waals surface area contributed by atoms with Crippen LogP contribution in [0.2, 0.25) is 0 Å². The second-order valence-corrected chi connectivity index (χ2v) is 6.60. The zero-order chi connectivity index (χ0) is 16.0. The minimum absolute atomic E-state index is 0.123. The van der Waals surface area contributed by atoms with Gasteiger partial charge >= 0.3 is 0 Å². The first kappa shape index (κ1) is 18.2. The van der Waals surface area contributed by atoms with Crippen LogP contribution in [0.5, 0.6) is 5.75 Å². The molecule has 0 saturated carbocycles. The molecule has 4 nitrogen and oxygen atoms in total. The van der Waals surface area contributed by atoms with Gasteiger partial charge in [-0.1, -0.05) is 13.3 Å². The largest absolute Gasteiger partial charge is 0.479 e. The lowest BCUT2D eigenvalue weighted by Gasteiger charge is -2.19. The van der Waals surface area contributed by atoms with E-state index in [1.807, 2.05) is 6.92 Å². The van der Waals surface area contributed by atoms with E-state index in [1.165, 1.54) is 0 Å². The number of halogens is 2. The van der Waals surface area contributed by atoms with Crippen molar-refractivity contribution < 1.29 is 14.3 Å². The maximum atomic E-state index is 12.1. The molecule has 6 heteroatoms. The molecule has 1 aromatic rings. The van der Waals surface area contributed by atoms with Crippen molar-refractivity contribution in [1.29, 1.82) is 0 Å². The number of amides is 1. The number of ether oxygens (including phenoxy) is 1. The number of hydrogen-bond acceptors (Lipinski definition) is 3. The summed E-state index contributed by atoms with van der Waals surface area (Å²) in [6.45, 7) is 5.74. The molecular weight excluding hydrogens is 402 g/mol. The highest BCUT2D eigenvalue weighted by Crippen LogP contribution is 2.35. The summed E-state index contributed by atoms with van der Waals surface area (Å²) in [6.07, 6.45) is 2.07. The van der Waals surface area contributed by atoms with Gasteiger partial charge in [-0.05, 0) is 64.3 Å². The normalized spacial score (nSPS) is 13.4. The summed E-state index contributed by atoms with van der Waals surface area (Å²) in [5.41, 5.74) is 0.523. The Morgan fingerprint density at radius 2 is 1.90 bits per heavy atom. The van der Waals surface area contributed by atoms with E-state index in [2.05, 4.69) is 44.1 Å². The molecule has 1 N–H and O–H groups in total. The molecule has 0 aliphatic rings. The summed E-state index contributed by atoms with van der Waals surface area (Å²) in [6, 6.07) is 3.42. The molecule has 0 fully saturated rings. The van der Waals surface area contributed by atoms with E-state index in [4.69, 9.17) is 4.74 Å². The standard InChI is InChI=1S/C15H19Br2NO3/c1-4-5-9(2)18-15(20)10(3)21-14-12(16)6-11(8-19)7-13(14)17/h6-10H,4-5H2,1-3H3,(H,18,20). The number of benzene rings is 1. The van der Waals surface area contributed by atoms with E-state index in [9.17, 15) is 9.59 Å². The van der Waals surface area contributed by atoms with E-state index >= 15 is 0 Å². The molecule has 2 atom stereocenters. The van der Waals surface area contributed by atoms with Crippen LogP contribution in [0.1, 0.15) is 44.0 Å². The maximum Gasteiger partial charge on any atom is 0.260 e. The van der Waals surface area contributed by atoms with Crippen molar-refractivity contribution in [2.75, 3.05) is 0 Å². The Hall–Kier alpha value is -0.880. The summed E-state index contributed by atoms with van der Waals surface area (Å²) in [4.78, 5) is 22.8. The van der Waals surface area contributed by atoms with E-state index in [0.29, 0.717) is 20.3 Å². The van der Waals surface area contributed by atoms with Crippen molar-refractivity contribution in [1.82, 2.24) is 5.32 Å². The number of carbonyl (C=O) groups is 2. The number of aldehydes is 1. The molecule has 0 spiro atoms. The van der Waals surface area contributed by atoms with Crippen LogP contribution in [-0.2, 0) is 4.79 Å².